The lowest BCUT2D eigenvalue weighted by atomic mass is 9.96. The Kier molecular flexibility index (Phi) is 3.31. The largest absolute Gasteiger partial charge is 0.207 e. The minimum Gasteiger partial charge on any atom is -0.207 e. The van der Waals surface area contributed by atoms with Gasteiger partial charge in [-0.15, -0.1) is 0 Å². The fourth-order valence-electron chi connectivity index (χ4n) is 1.50. The predicted octanol–water partition coefficient (Wildman–Crippen LogP) is 2.92. The molecule has 1 unspecified atom stereocenters. The number of hydrogen-bond donors (Lipinski definition) is 0. The molecule has 1 atom stereocenters. The normalized spacial score (nSPS) is 11.8. The molecular formula is C12H7ClFN3. The molecule has 1 aromatic heterocycles. The van der Waals surface area contributed by atoms with Crippen LogP contribution in [-0.4, -0.2) is 10.2 Å². The molecule has 84 valence electrons. The summed E-state index contributed by atoms with van der Waals surface area (Å²) in [6.07, 6.45) is 1.49. The van der Waals surface area contributed by atoms with Crippen molar-refractivity contribution in [3.05, 3.63) is 58.6 Å². The molecule has 0 saturated heterocycles. The van der Waals surface area contributed by atoms with Crippen LogP contribution in [0.15, 0.2) is 36.5 Å². The fraction of sp³-hybridized carbons (Fsp3) is 0.0833. The van der Waals surface area contributed by atoms with Crippen molar-refractivity contribution in [3.63, 3.8) is 0 Å². The summed E-state index contributed by atoms with van der Waals surface area (Å²) in [5.74, 6) is -1.28. The second-order valence-electron chi connectivity index (χ2n) is 3.38. The third-order valence-electron chi connectivity index (χ3n) is 2.29. The molecule has 0 fully saturated rings. The van der Waals surface area contributed by atoms with Gasteiger partial charge in [-0.05, 0) is 30.3 Å². The molecule has 0 N–H and O–H groups in total. The molecule has 0 saturated carbocycles. The molecular weight excluding hydrogens is 241 g/mol. The number of nitrogens with zero attached hydrogens (tertiary/aromatic N) is 3. The van der Waals surface area contributed by atoms with E-state index in [0.717, 1.165) is 0 Å². The molecule has 0 amide bonds. The maximum atomic E-state index is 13.6. The molecule has 0 spiro atoms. The summed E-state index contributed by atoms with van der Waals surface area (Å²) in [6, 6.07) is 9.38. The van der Waals surface area contributed by atoms with Crippen LogP contribution in [0.4, 0.5) is 4.39 Å². The highest BCUT2D eigenvalue weighted by Crippen LogP contribution is 2.26. The standard InChI is InChI=1S/C12H7ClFN3/c13-8-3-4-11(14)9(6-8)10(7-15)12-2-1-5-16-17-12/h1-6,10H. The van der Waals surface area contributed by atoms with Gasteiger partial charge in [-0.1, -0.05) is 11.6 Å². The third kappa shape index (κ3) is 2.40. The van der Waals surface area contributed by atoms with Gasteiger partial charge >= 0.3 is 0 Å². The Hall–Kier alpha value is -1.99. The van der Waals surface area contributed by atoms with Crippen molar-refractivity contribution in [2.24, 2.45) is 0 Å². The van der Waals surface area contributed by atoms with Gasteiger partial charge in [0, 0.05) is 16.8 Å². The maximum Gasteiger partial charge on any atom is 0.128 e. The van der Waals surface area contributed by atoms with Crippen LogP contribution in [0.25, 0.3) is 0 Å². The molecule has 5 heteroatoms. The zero-order valence-corrected chi connectivity index (χ0v) is 9.39. The van der Waals surface area contributed by atoms with E-state index in [1.807, 2.05) is 6.07 Å². The zero-order chi connectivity index (χ0) is 12.3. The zero-order valence-electron chi connectivity index (χ0n) is 8.64. The Morgan fingerprint density at radius 2 is 2.18 bits per heavy atom. The molecule has 2 rings (SSSR count). The van der Waals surface area contributed by atoms with E-state index in [9.17, 15) is 4.39 Å². The molecule has 0 aliphatic carbocycles. The summed E-state index contributed by atoms with van der Waals surface area (Å²) >= 11 is 5.79. The first-order chi connectivity index (χ1) is 8.22. The second kappa shape index (κ2) is 4.89. The smallest absolute Gasteiger partial charge is 0.128 e. The summed E-state index contributed by atoms with van der Waals surface area (Å²) in [5, 5.41) is 17.0. The summed E-state index contributed by atoms with van der Waals surface area (Å²) in [6.45, 7) is 0. The summed E-state index contributed by atoms with van der Waals surface area (Å²) < 4.78 is 13.6. The van der Waals surface area contributed by atoms with Gasteiger partial charge in [-0.2, -0.15) is 15.5 Å². The second-order valence-corrected chi connectivity index (χ2v) is 3.81. The Balaban J connectivity index is 2.51. The van der Waals surface area contributed by atoms with Gasteiger partial charge in [0.2, 0.25) is 0 Å². The quantitative estimate of drug-likeness (QED) is 0.820. The van der Waals surface area contributed by atoms with Crippen LogP contribution < -0.4 is 0 Å². The minimum absolute atomic E-state index is 0.209. The SMILES string of the molecule is N#CC(c1cccnn1)c1cc(Cl)ccc1F. The summed E-state index contributed by atoms with van der Waals surface area (Å²) in [7, 11) is 0. The van der Waals surface area contributed by atoms with E-state index in [1.54, 1.807) is 12.1 Å². The lowest BCUT2D eigenvalue weighted by Crippen LogP contribution is -2.04. The van der Waals surface area contributed by atoms with Gasteiger partial charge in [-0.3, -0.25) is 0 Å². The Morgan fingerprint density at radius 1 is 1.35 bits per heavy atom. The van der Waals surface area contributed by atoms with E-state index in [-0.39, 0.29) is 5.56 Å². The van der Waals surface area contributed by atoms with Gasteiger partial charge in [0.1, 0.15) is 11.7 Å². The molecule has 3 nitrogen and oxygen atoms in total. The highest BCUT2D eigenvalue weighted by molar-refractivity contribution is 6.30. The van der Waals surface area contributed by atoms with E-state index >= 15 is 0 Å². The van der Waals surface area contributed by atoms with Crippen LogP contribution in [0.5, 0.6) is 0 Å². The number of halogens is 2. The summed E-state index contributed by atoms with van der Waals surface area (Å²) in [5.41, 5.74) is 0.608. The average molecular weight is 248 g/mol. The highest BCUT2D eigenvalue weighted by Gasteiger charge is 2.19. The number of aromatic nitrogens is 2. The first kappa shape index (κ1) is 11.5. The minimum atomic E-state index is -0.803. The van der Waals surface area contributed by atoms with Crippen LogP contribution in [0.3, 0.4) is 0 Å². The van der Waals surface area contributed by atoms with Crippen LogP contribution in [-0.2, 0) is 0 Å². The van der Waals surface area contributed by atoms with E-state index in [0.29, 0.717) is 10.7 Å². The van der Waals surface area contributed by atoms with Crippen LogP contribution in [0.2, 0.25) is 5.02 Å². The van der Waals surface area contributed by atoms with Crippen molar-refractivity contribution in [2.45, 2.75) is 5.92 Å². The summed E-state index contributed by atoms with van der Waals surface area (Å²) in [4.78, 5) is 0. The number of benzene rings is 1. The van der Waals surface area contributed by atoms with E-state index in [1.165, 1.54) is 24.4 Å². The van der Waals surface area contributed by atoms with Crippen LogP contribution in [0.1, 0.15) is 17.2 Å². The van der Waals surface area contributed by atoms with Gasteiger partial charge in [-0.25, -0.2) is 4.39 Å². The first-order valence-corrected chi connectivity index (χ1v) is 5.22. The van der Waals surface area contributed by atoms with Crippen LogP contribution in [0, 0.1) is 17.1 Å². The van der Waals surface area contributed by atoms with Crippen molar-refractivity contribution >= 4 is 11.6 Å². The van der Waals surface area contributed by atoms with Crippen molar-refractivity contribution < 1.29 is 4.39 Å². The molecule has 0 radical (unpaired) electrons. The van der Waals surface area contributed by atoms with E-state index in [4.69, 9.17) is 16.9 Å². The fourth-order valence-corrected chi connectivity index (χ4v) is 1.68. The topological polar surface area (TPSA) is 49.6 Å². The molecule has 17 heavy (non-hydrogen) atoms. The van der Waals surface area contributed by atoms with Gasteiger partial charge < -0.3 is 0 Å². The molecule has 1 heterocycles. The average Bonchev–Trinajstić information content (AvgIpc) is 2.36. The number of nitriles is 1. The van der Waals surface area contributed by atoms with E-state index < -0.39 is 11.7 Å². The lowest BCUT2D eigenvalue weighted by Gasteiger charge is -2.09. The Morgan fingerprint density at radius 3 is 2.82 bits per heavy atom. The predicted molar refractivity (Wildman–Crippen MR) is 60.9 cm³/mol. The van der Waals surface area contributed by atoms with Crippen LogP contribution >= 0.6 is 11.6 Å². The van der Waals surface area contributed by atoms with Crippen molar-refractivity contribution in [1.29, 1.82) is 5.26 Å². The lowest BCUT2D eigenvalue weighted by molar-refractivity contribution is 0.607. The van der Waals surface area contributed by atoms with Crippen molar-refractivity contribution in [2.75, 3.05) is 0 Å². The van der Waals surface area contributed by atoms with E-state index in [2.05, 4.69) is 10.2 Å². The molecule has 0 bridgehead atoms. The monoisotopic (exact) mass is 247 g/mol. The number of rotatable bonds is 2. The van der Waals surface area contributed by atoms with Crippen molar-refractivity contribution in [3.8, 4) is 6.07 Å². The first-order valence-electron chi connectivity index (χ1n) is 4.84. The highest BCUT2D eigenvalue weighted by atomic mass is 35.5. The molecule has 0 aliphatic rings. The van der Waals surface area contributed by atoms with Crippen molar-refractivity contribution in [1.82, 2.24) is 10.2 Å². The molecule has 1 aromatic carbocycles. The van der Waals surface area contributed by atoms with Gasteiger partial charge in [0.25, 0.3) is 0 Å². The maximum absolute atomic E-state index is 13.6. The van der Waals surface area contributed by atoms with Gasteiger partial charge in [0.05, 0.1) is 11.8 Å². The Bertz CT molecular complexity index is 566. The molecule has 0 aliphatic heterocycles. The van der Waals surface area contributed by atoms with Gasteiger partial charge in [0.15, 0.2) is 0 Å². The molecule has 2 aromatic rings. The third-order valence-corrected chi connectivity index (χ3v) is 2.52. The Labute approximate surface area is 102 Å². The number of hydrogen-bond acceptors (Lipinski definition) is 3.